The van der Waals surface area contributed by atoms with Crippen LogP contribution in [0, 0.1) is 0 Å². The van der Waals surface area contributed by atoms with Crippen molar-refractivity contribution in [3.05, 3.63) is 23.8 Å². The number of nitrogens with two attached hydrogens (primary N) is 1. The number of carbonyl (C=O) groups is 1. The fourth-order valence-electron chi connectivity index (χ4n) is 1.63. The molecular formula is C12H18N2O4S2. The summed E-state index contributed by atoms with van der Waals surface area (Å²) in [4.78, 5) is 11.0. The molecule has 0 radical (unpaired) electrons. The molecule has 0 saturated heterocycles. The van der Waals surface area contributed by atoms with Crippen molar-refractivity contribution >= 4 is 33.4 Å². The smallest absolute Gasteiger partial charge is 0.337 e. The molecule has 112 valence electrons. The summed E-state index contributed by atoms with van der Waals surface area (Å²) in [5.74, 6) is -0.139. The van der Waals surface area contributed by atoms with Gasteiger partial charge in [-0.2, -0.15) is 11.8 Å². The number of primary sulfonamides is 1. The number of nitrogens with one attached hydrogen (secondary N) is 1. The molecule has 0 aromatic heterocycles. The molecule has 1 aromatic carbocycles. The molecule has 6 nitrogen and oxygen atoms in total. The number of rotatable bonds is 8. The molecule has 8 heteroatoms. The van der Waals surface area contributed by atoms with E-state index in [1.165, 1.54) is 12.1 Å². The van der Waals surface area contributed by atoms with Crippen LogP contribution in [0.25, 0.3) is 0 Å². The summed E-state index contributed by atoms with van der Waals surface area (Å²) in [5.41, 5.74) is 0.301. The number of carboxylic acid groups (broad SMARTS) is 1. The third kappa shape index (κ3) is 5.03. The average Bonchev–Trinajstić information content (AvgIpc) is 2.37. The monoisotopic (exact) mass is 318 g/mol. The molecule has 20 heavy (non-hydrogen) atoms. The Labute approximate surface area is 122 Å². The maximum Gasteiger partial charge on any atom is 0.337 e. The van der Waals surface area contributed by atoms with Crippen LogP contribution in [0.15, 0.2) is 23.1 Å². The number of aromatic carboxylic acids is 1. The molecule has 0 heterocycles. The summed E-state index contributed by atoms with van der Waals surface area (Å²) in [6.07, 6.45) is 3.98. The van der Waals surface area contributed by atoms with Crippen LogP contribution < -0.4 is 10.5 Å². The van der Waals surface area contributed by atoms with Gasteiger partial charge in [0.2, 0.25) is 10.0 Å². The molecular weight excluding hydrogens is 300 g/mol. The van der Waals surface area contributed by atoms with Gasteiger partial charge in [0.1, 0.15) is 0 Å². The molecule has 0 atom stereocenters. The minimum absolute atomic E-state index is 0.0959. The van der Waals surface area contributed by atoms with Crippen molar-refractivity contribution in [1.82, 2.24) is 0 Å². The van der Waals surface area contributed by atoms with Crippen molar-refractivity contribution in [2.24, 2.45) is 5.14 Å². The van der Waals surface area contributed by atoms with Gasteiger partial charge in [0.15, 0.2) is 0 Å². The second-order valence-corrected chi connectivity index (χ2v) is 6.73. The summed E-state index contributed by atoms with van der Waals surface area (Å²) in [6, 6.07) is 3.80. The Balaban J connectivity index is 2.83. The normalized spacial score (nSPS) is 11.3. The molecule has 0 aliphatic heterocycles. The van der Waals surface area contributed by atoms with Crippen LogP contribution in [-0.4, -0.2) is 38.0 Å². The van der Waals surface area contributed by atoms with Crippen LogP contribution in [0.4, 0.5) is 5.69 Å². The lowest BCUT2D eigenvalue weighted by atomic mass is 10.1. The third-order valence-corrected chi connectivity index (χ3v) is 4.25. The predicted octanol–water partition coefficient (Wildman–Crippen LogP) is 1.59. The van der Waals surface area contributed by atoms with E-state index in [0.29, 0.717) is 12.2 Å². The molecule has 1 rings (SSSR count). The van der Waals surface area contributed by atoms with Crippen molar-refractivity contribution < 1.29 is 18.3 Å². The summed E-state index contributed by atoms with van der Waals surface area (Å²) in [5, 5.41) is 17.1. The van der Waals surface area contributed by atoms with Crippen molar-refractivity contribution in [2.45, 2.75) is 17.7 Å². The second-order valence-electron chi connectivity index (χ2n) is 4.18. The Bertz CT molecular complexity index is 573. The van der Waals surface area contributed by atoms with E-state index in [1.54, 1.807) is 11.8 Å². The van der Waals surface area contributed by atoms with E-state index in [1.807, 2.05) is 6.26 Å². The van der Waals surface area contributed by atoms with Crippen LogP contribution in [-0.2, 0) is 10.0 Å². The molecule has 0 spiro atoms. The van der Waals surface area contributed by atoms with E-state index in [0.717, 1.165) is 24.7 Å². The quantitative estimate of drug-likeness (QED) is 0.628. The van der Waals surface area contributed by atoms with Gasteiger partial charge in [-0.3, -0.25) is 0 Å². The predicted molar refractivity (Wildman–Crippen MR) is 80.9 cm³/mol. The van der Waals surface area contributed by atoms with Gasteiger partial charge in [-0.15, -0.1) is 0 Å². The summed E-state index contributed by atoms with van der Waals surface area (Å²) in [7, 11) is -3.90. The molecule has 1 aromatic rings. The van der Waals surface area contributed by atoms with Gasteiger partial charge in [-0.1, -0.05) is 0 Å². The van der Waals surface area contributed by atoms with E-state index in [4.69, 9.17) is 10.2 Å². The Kier molecular flexibility index (Phi) is 6.31. The molecule has 0 saturated carbocycles. The molecule has 4 N–H and O–H groups in total. The van der Waals surface area contributed by atoms with Crippen molar-refractivity contribution in [2.75, 3.05) is 23.9 Å². The first-order chi connectivity index (χ1) is 9.36. The van der Waals surface area contributed by atoms with Gasteiger partial charge in [-0.05, 0) is 43.0 Å². The van der Waals surface area contributed by atoms with Gasteiger partial charge >= 0.3 is 5.97 Å². The van der Waals surface area contributed by atoms with Gasteiger partial charge in [0, 0.05) is 12.2 Å². The lowest BCUT2D eigenvalue weighted by Crippen LogP contribution is -2.14. The first-order valence-corrected chi connectivity index (χ1v) is 8.93. The first kappa shape index (κ1) is 16.8. The highest BCUT2D eigenvalue weighted by Crippen LogP contribution is 2.20. The van der Waals surface area contributed by atoms with E-state index >= 15 is 0 Å². The maximum absolute atomic E-state index is 11.2. The lowest BCUT2D eigenvalue weighted by Gasteiger charge is -2.10. The minimum atomic E-state index is -3.90. The van der Waals surface area contributed by atoms with E-state index in [9.17, 15) is 13.2 Å². The highest BCUT2D eigenvalue weighted by Gasteiger charge is 2.15. The van der Waals surface area contributed by atoms with Crippen LogP contribution in [0.2, 0.25) is 0 Å². The molecule has 0 aliphatic rings. The zero-order valence-corrected chi connectivity index (χ0v) is 12.8. The average molecular weight is 318 g/mol. The standard InChI is InChI=1S/C12H18N2O4S2/c1-19-7-3-2-6-14-11-5-4-9(20(13,17)18)8-10(11)12(15)16/h4-5,8,14H,2-3,6-7H2,1H3,(H,15,16)(H2,13,17,18). The fourth-order valence-corrected chi connectivity index (χ4v) is 2.66. The summed E-state index contributed by atoms with van der Waals surface area (Å²) >= 11 is 1.76. The number of unbranched alkanes of at least 4 members (excludes halogenated alkanes) is 1. The summed E-state index contributed by atoms with van der Waals surface area (Å²) < 4.78 is 22.4. The van der Waals surface area contributed by atoms with Crippen molar-refractivity contribution in [3.63, 3.8) is 0 Å². The maximum atomic E-state index is 11.2. The van der Waals surface area contributed by atoms with E-state index in [-0.39, 0.29) is 10.5 Å². The van der Waals surface area contributed by atoms with Gasteiger partial charge < -0.3 is 10.4 Å². The van der Waals surface area contributed by atoms with Crippen LogP contribution in [0.3, 0.4) is 0 Å². The molecule has 0 fully saturated rings. The number of anilines is 1. The lowest BCUT2D eigenvalue weighted by molar-refractivity contribution is 0.0697. The number of thioether (sulfide) groups is 1. The van der Waals surface area contributed by atoms with Gasteiger partial charge in [0.25, 0.3) is 0 Å². The Morgan fingerprint density at radius 1 is 1.40 bits per heavy atom. The number of sulfonamides is 1. The Hall–Kier alpha value is -1.25. The minimum Gasteiger partial charge on any atom is -0.478 e. The Morgan fingerprint density at radius 2 is 2.10 bits per heavy atom. The molecule has 0 amide bonds. The molecule has 0 aliphatic carbocycles. The SMILES string of the molecule is CSCCCCNc1ccc(S(N)(=O)=O)cc1C(=O)O. The second kappa shape index (κ2) is 7.51. The first-order valence-electron chi connectivity index (χ1n) is 5.99. The summed E-state index contributed by atoms with van der Waals surface area (Å²) in [6.45, 7) is 0.634. The van der Waals surface area contributed by atoms with Crippen LogP contribution in [0.5, 0.6) is 0 Å². The van der Waals surface area contributed by atoms with Crippen LogP contribution in [0.1, 0.15) is 23.2 Å². The largest absolute Gasteiger partial charge is 0.478 e. The topological polar surface area (TPSA) is 109 Å². The van der Waals surface area contributed by atoms with E-state index < -0.39 is 16.0 Å². The fraction of sp³-hybridized carbons (Fsp3) is 0.417. The van der Waals surface area contributed by atoms with Crippen molar-refractivity contribution in [1.29, 1.82) is 0 Å². The number of carboxylic acids is 1. The zero-order chi connectivity index (χ0) is 15.2. The molecule has 0 unspecified atom stereocenters. The number of hydrogen-bond donors (Lipinski definition) is 3. The third-order valence-electron chi connectivity index (χ3n) is 2.64. The zero-order valence-electron chi connectivity index (χ0n) is 11.1. The van der Waals surface area contributed by atoms with E-state index in [2.05, 4.69) is 5.32 Å². The number of benzene rings is 1. The van der Waals surface area contributed by atoms with Crippen molar-refractivity contribution in [3.8, 4) is 0 Å². The Morgan fingerprint density at radius 3 is 2.65 bits per heavy atom. The number of hydrogen-bond acceptors (Lipinski definition) is 5. The molecule has 0 bridgehead atoms. The van der Waals surface area contributed by atoms with Gasteiger partial charge in [0.05, 0.1) is 10.5 Å². The van der Waals surface area contributed by atoms with Crippen LogP contribution >= 0.6 is 11.8 Å². The highest BCUT2D eigenvalue weighted by atomic mass is 32.2. The highest BCUT2D eigenvalue weighted by molar-refractivity contribution is 7.98. The van der Waals surface area contributed by atoms with Gasteiger partial charge in [-0.25, -0.2) is 18.4 Å².